The predicted molar refractivity (Wildman–Crippen MR) is 486 cm³/mol. The van der Waals surface area contributed by atoms with Gasteiger partial charge in [-0.2, -0.15) is 0 Å². The van der Waals surface area contributed by atoms with Crippen LogP contribution in [0, 0.1) is 36.0 Å². The van der Waals surface area contributed by atoms with Crippen molar-refractivity contribution < 1.29 is 69.8 Å². The van der Waals surface area contributed by atoms with E-state index in [0.29, 0.717) is 161 Å². The zero-order valence-electron chi connectivity index (χ0n) is 73.3. The summed E-state index contributed by atoms with van der Waals surface area (Å²) in [5, 5.41) is 23.5. The number of halogens is 5. The summed E-state index contributed by atoms with van der Waals surface area (Å²) in [4.78, 5) is 95.1. The fourth-order valence-electron chi connectivity index (χ4n) is 17.9. The molecule has 0 aliphatic carbocycles. The van der Waals surface area contributed by atoms with E-state index in [9.17, 15) is 36.3 Å². The molecular weight excluding hydrogens is 1670 g/mol. The Kier molecular flexibility index (Phi) is 29.3. The normalized spacial score (nSPS) is 19.5. The monoisotopic (exact) mass is 1770 g/mol. The second kappa shape index (κ2) is 41.5. The summed E-state index contributed by atoms with van der Waals surface area (Å²) in [6.45, 7) is 25.8. The van der Waals surface area contributed by atoms with Gasteiger partial charge in [-0.15, -0.1) is 0 Å². The largest absolute Gasteiger partial charge is 0.494 e. The van der Waals surface area contributed by atoms with Crippen molar-refractivity contribution in [1.29, 1.82) is 0 Å². The summed E-state index contributed by atoms with van der Waals surface area (Å²) in [7, 11) is 8.97. The van der Waals surface area contributed by atoms with E-state index in [0.717, 1.165) is 144 Å². The number of piperidine rings is 2. The van der Waals surface area contributed by atoms with Gasteiger partial charge in [0.2, 0.25) is 17.7 Å². The van der Waals surface area contributed by atoms with E-state index in [1.807, 2.05) is 43.3 Å². The Balaban J connectivity index is 0.000000149. The Morgan fingerprint density at radius 1 is 0.450 bits per heavy atom. The summed E-state index contributed by atoms with van der Waals surface area (Å²) in [6.07, 6.45) is 15.2. The van der Waals surface area contributed by atoms with E-state index >= 15 is 0 Å². The average Bonchev–Trinajstić information content (AvgIpc) is 1.71. The Bertz CT molecular complexity index is 5470. The van der Waals surface area contributed by atoms with Gasteiger partial charge in [0.05, 0.1) is 123 Å². The third-order valence-corrected chi connectivity index (χ3v) is 24.3. The quantitative estimate of drug-likeness (QED) is 0.0206. The van der Waals surface area contributed by atoms with E-state index in [4.69, 9.17) is 33.5 Å². The molecule has 0 spiro atoms. The van der Waals surface area contributed by atoms with Gasteiger partial charge in [0.25, 0.3) is 0 Å². The first-order chi connectivity index (χ1) is 62.5. The third kappa shape index (κ3) is 21.8. The van der Waals surface area contributed by atoms with Gasteiger partial charge in [0, 0.05) is 145 Å². The van der Waals surface area contributed by atoms with Crippen molar-refractivity contribution in [2.75, 3.05) is 189 Å². The number of likely N-dealkylation sites (tertiary alicyclic amines) is 1. The van der Waals surface area contributed by atoms with Crippen LogP contribution in [-0.4, -0.2) is 214 Å². The van der Waals surface area contributed by atoms with Gasteiger partial charge in [-0.3, -0.25) is 33.8 Å². The number of piperazine rings is 1. The molecule has 8 aliphatic rings. The molecule has 6 N–H and O–H groups in total. The molecule has 5 atom stereocenters. The van der Waals surface area contributed by atoms with Crippen molar-refractivity contribution in [3.63, 3.8) is 0 Å². The van der Waals surface area contributed by atoms with Crippen LogP contribution in [0.1, 0.15) is 98.7 Å². The summed E-state index contributed by atoms with van der Waals surface area (Å²) in [5.41, 5.74) is 8.79. The second-order valence-electron chi connectivity index (χ2n) is 32.7. The zero-order valence-corrected chi connectivity index (χ0v) is 73.3. The number of carbonyl (C=O) groups is 3. The molecule has 6 aromatic carbocycles. The lowest BCUT2D eigenvalue weighted by molar-refractivity contribution is -0.112. The molecule has 129 heavy (non-hydrogen) atoms. The minimum atomic E-state index is -0.654. The van der Waals surface area contributed by atoms with Crippen LogP contribution in [-0.2, 0) is 33.6 Å². The van der Waals surface area contributed by atoms with Gasteiger partial charge in [0.15, 0.2) is 17.5 Å². The minimum absolute atomic E-state index is 0.185. The second-order valence-corrected chi connectivity index (χ2v) is 32.7. The van der Waals surface area contributed by atoms with Crippen molar-refractivity contribution in [1.82, 2.24) is 44.6 Å². The molecule has 31 nitrogen and oxygen atoms in total. The van der Waals surface area contributed by atoms with Crippen LogP contribution >= 0.6 is 0 Å². The highest BCUT2D eigenvalue weighted by Gasteiger charge is 2.44. The summed E-state index contributed by atoms with van der Waals surface area (Å²) >= 11 is 0. The summed E-state index contributed by atoms with van der Waals surface area (Å²) < 4.78 is 93.1. The number of rotatable bonds is 27. The molecule has 0 saturated carbocycles. The molecule has 0 unspecified atom stereocenters. The first kappa shape index (κ1) is 90.9. The van der Waals surface area contributed by atoms with E-state index < -0.39 is 35.4 Å². The number of likely N-dealkylation sites (N-methyl/N-ethyl adjacent to an activating group) is 1. The van der Waals surface area contributed by atoms with Crippen LogP contribution in [0.15, 0.2) is 166 Å². The molecule has 3 amide bonds. The molecule has 0 radical (unpaired) electrons. The SMILES string of the molecule is C=CC(=O)Nc1cc(Nc2cc(N3OCC[C@@H]3c3cc(C)cc(F)c3)ncn2)c(OC)cc1N1CCN(CC)CC1.C=CC(=O)Nc1cc(Nc2cc(N3OCC[C@@H]3c3cc(F)cc(F)c3)ncn2)c(OC)cc1N1CCC(N(C)C)CC1.C=CC(=O)Nc1cc(Nc2cc(N3OCC[C@@H]3c3cc(F)cc(F)c3)ncn2)c(OC)cc1N1CCC(N2C[C@@H]3C[C@H]2CO3)CC1. The van der Waals surface area contributed by atoms with Crippen molar-refractivity contribution in [2.45, 2.75) is 108 Å². The van der Waals surface area contributed by atoms with Crippen molar-refractivity contribution in [3.05, 3.63) is 217 Å². The Hall–Kier alpha value is -12.8. The number of aromatic nitrogens is 6. The van der Waals surface area contributed by atoms with Crippen molar-refractivity contribution in [3.8, 4) is 17.2 Å². The molecule has 11 heterocycles. The molecule has 2 bridgehead atoms. The number of aryl methyl sites for hydroxylation is 1. The number of ether oxygens (including phenoxy) is 4. The highest BCUT2D eigenvalue weighted by molar-refractivity contribution is 6.04. The number of nitrogens with zero attached hydrogens (tertiary/aromatic N) is 15. The van der Waals surface area contributed by atoms with E-state index in [-0.39, 0.29) is 29.6 Å². The van der Waals surface area contributed by atoms with Crippen LogP contribution < -0.4 is 76.0 Å². The predicted octanol–water partition coefficient (Wildman–Crippen LogP) is 14.8. The lowest BCUT2D eigenvalue weighted by Gasteiger charge is -2.41. The molecule has 17 rings (SSSR count). The van der Waals surface area contributed by atoms with E-state index in [2.05, 4.69) is 132 Å². The maximum absolute atomic E-state index is 14.2. The van der Waals surface area contributed by atoms with Crippen molar-refractivity contribution in [2.24, 2.45) is 0 Å². The van der Waals surface area contributed by atoms with Gasteiger partial charge in [0.1, 0.15) is 82.8 Å². The Morgan fingerprint density at radius 3 is 1.15 bits per heavy atom. The molecule has 8 fully saturated rings. The molecule has 36 heteroatoms. The van der Waals surface area contributed by atoms with Gasteiger partial charge >= 0.3 is 0 Å². The molecule has 9 aromatic rings. The van der Waals surface area contributed by atoms with E-state index in [1.165, 1.54) is 78.7 Å². The smallest absolute Gasteiger partial charge is 0.247 e. The maximum atomic E-state index is 14.2. The van der Waals surface area contributed by atoms with Gasteiger partial charge in [-0.25, -0.2) is 67.0 Å². The standard InChI is InChI=1S/C33H37F2N7O4.C30H35F2N7O3.C30H36FN7O3/c1-3-33(43)39-26-14-27(30(44-2)15-29(26)40-7-4-23(5-8-40)41-17-25-13-24(41)18-45-25)38-31-16-32(37-19-36-31)42-28(6-9-46-42)20-10-21(34)12-22(35)11-20;1-5-30(40)36-23-15-24(27(41-4)16-26(23)38-9-6-22(7-10-38)37(2)3)35-28-17-29(34-18-33-28)39-25(8-11-42-39)19-12-20(31)14-21(32)13-19;1-5-30(39)35-23-16-24(27(40-4)17-26(23)37-10-8-36(6-2)9-11-37)34-28-18-29(33-19-32-28)38-25(7-12-41-38)21-13-20(3)14-22(31)15-21/h3,10-12,14-16,19,23-25,28H,1,4-9,13,17-18H2,2H3,(H,39,43)(H,36,37,38);5,12-18,22,25H,1,6-11H2,2-4H3,(H,36,40)(H,33,34,35);5,13-19,25H,1,6-12H2,2-4H3,(H,35,39)(H,32,33,34)/t24-,25-,28+;2*25-/m011/s1. The molecule has 3 aromatic heterocycles. The topological polar surface area (TPSA) is 294 Å². The third-order valence-electron chi connectivity index (χ3n) is 24.3. The lowest BCUT2D eigenvalue weighted by Crippen LogP contribution is -2.49. The number of amides is 3. The first-order valence-corrected chi connectivity index (χ1v) is 43.2. The fraction of sp³-hybridized carbons (Fsp3) is 0.387. The highest BCUT2D eigenvalue weighted by Crippen LogP contribution is 2.47. The summed E-state index contributed by atoms with van der Waals surface area (Å²) in [5.74, 6) is 0.608. The highest BCUT2D eigenvalue weighted by atomic mass is 19.1. The number of fused-ring (bicyclic) bond motifs is 2. The average molecular weight is 1780 g/mol. The number of hydroxylamine groups is 3. The van der Waals surface area contributed by atoms with Crippen LogP contribution in [0.2, 0.25) is 0 Å². The number of morpholine rings is 1. The first-order valence-electron chi connectivity index (χ1n) is 43.2. The number of hydrogen-bond donors (Lipinski definition) is 6. The number of carbonyl (C=O) groups excluding carboxylic acids is 3. The number of benzene rings is 6. The van der Waals surface area contributed by atoms with Gasteiger partial charge in [-0.1, -0.05) is 32.7 Å². The van der Waals surface area contributed by atoms with Crippen LogP contribution in [0.3, 0.4) is 0 Å². The zero-order chi connectivity index (χ0) is 90.5. The molecular formula is C93H108F5N21O10. The van der Waals surface area contributed by atoms with Crippen LogP contribution in [0.4, 0.5) is 108 Å². The van der Waals surface area contributed by atoms with E-state index in [1.54, 1.807) is 55.7 Å². The number of methoxy groups -OCH3 is 3. The fourth-order valence-corrected chi connectivity index (χ4v) is 17.9. The van der Waals surface area contributed by atoms with Gasteiger partial charge in [-0.05, 0) is 155 Å². The minimum Gasteiger partial charge on any atom is -0.494 e. The molecule has 680 valence electrons. The number of hydrogen-bond acceptors (Lipinski definition) is 28. The van der Waals surface area contributed by atoms with Crippen LogP contribution in [0.25, 0.3) is 0 Å². The Labute approximate surface area is 746 Å². The Morgan fingerprint density at radius 2 is 0.814 bits per heavy atom. The maximum Gasteiger partial charge on any atom is 0.247 e. The van der Waals surface area contributed by atoms with Gasteiger partial charge < -0.3 is 75.3 Å². The molecule has 8 aliphatic heterocycles. The summed E-state index contributed by atoms with van der Waals surface area (Å²) in [6, 6.07) is 28.7. The van der Waals surface area contributed by atoms with Crippen molar-refractivity contribution >= 4 is 104 Å². The van der Waals surface area contributed by atoms with Crippen LogP contribution in [0.5, 0.6) is 17.2 Å². The number of nitrogens with one attached hydrogen (secondary N) is 6. The lowest BCUT2D eigenvalue weighted by atomic mass is 10.0. The number of anilines is 15. The molecule has 8 saturated heterocycles.